The van der Waals surface area contributed by atoms with Gasteiger partial charge in [0.2, 0.25) is 0 Å². The van der Waals surface area contributed by atoms with Crippen LogP contribution in [0.15, 0.2) is 60.0 Å². The molecule has 0 fully saturated rings. The number of nitrogens with one attached hydrogen (secondary N) is 1. The Kier molecular flexibility index (Phi) is 6.29. The molecule has 0 spiro atoms. The molecule has 1 amide bonds. The second-order valence-corrected chi connectivity index (χ2v) is 6.22. The number of para-hydroxylation sites is 2. The van der Waals surface area contributed by atoms with E-state index in [2.05, 4.69) is 11.9 Å². The summed E-state index contributed by atoms with van der Waals surface area (Å²) in [6.07, 6.45) is 1.84. The summed E-state index contributed by atoms with van der Waals surface area (Å²) in [5.41, 5.74) is 2.86. The summed E-state index contributed by atoms with van der Waals surface area (Å²) in [6, 6.07) is 13.7. The van der Waals surface area contributed by atoms with Crippen molar-refractivity contribution in [2.45, 2.75) is 18.7 Å². The maximum absolute atomic E-state index is 12.2. The Labute approximate surface area is 141 Å². The fourth-order valence-electron chi connectivity index (χ4n) is 2.20. The number of carbonyl (C=O) groups is 1. The normalized spacial score (nSPS) is 10.2. The molecule has 23 heavy (non-hydrogen) atoms. The number of rotatable bonds is 7. The van der Waals surface area contributed by atoms with Crippen molar-refractivity contribution in [3.63, 3.8) is 0 Å². The Morgan fingerprint density at radius 3 is 2.57 bits per heavy atom. The van der Waals surface area contributed by atoms with Gasteiger partial charge in [0.25, 0.3) is 5.91 Å². The fourth-order valence-corrected chi connectivity index (χ4v) is 2.94. The van der Waals surface area contributed by atoms with Crippen LogP contribution in [-0.4, -0.2) is 18.3 Å². The van der Waals surface area contributed by atoms with Crippen LogP contribution in [-0.2, 0) is 4.79 Å². The Hall–Kier alpha value is -2.20. The van der Waals surface area contributed by atoms with E-state index in [1.807, 2.05) is 62.4 Å². The van der Waals surface area contributed by atoms with Crippen LogP contribution >= 0.6 is 11.8 Å². The summed E-state index contributed by atoms with van der Waals surface area (Å²) < 4.78 is 5.69. The average molecular weight is 327 g/mol. The van der Waals surface area contributed by atoms with E-state index in [1.54, 1.807) is 11.8 Å². The van der Waals surface area contributed by atoms with E-state index in [-0.39, 0.29) is 12.5 Å². The molecule has 0 saturated carbocycles. The molecule has 2 aromatic carbocycles. The van der Waals surface area contributed by atoms with Gasteiger partial charge in [-0.05, 0) is 37.1 Å². The van der Waals surface area contributed by atoms with Crippen LogP contribution in [0.25, 0.3) is 0 Å². The number of anilines is 1. The van der Waals surface area contributed by atoms with Crippen LogP contribution in [0.1, 0.15) is 11.1 Å². The highest BCUT2D eigenvalue weighted by molar-refractivity contribution is 7.99. The van der Waals surface area contributed by atoms with Gasteiger partial charge in [-0.2, -0.15) is 0 Å². The third kappa shape index (κ3) is 4.89. The lowest BCUT2D eigenvalue weighted by molar-refractivity contribution is -0.118. The highest BCUT2D eigenvalue weighted by Crippen LogP contribution is 2.27. The molecule has 0 heterocycles. The average Bonchev–Trinajstić information content (AvgIpc) is 2.53. The largest absolute Gasteiger partial charge is 0.483 e. The number of amides is 1. The minimum Gasteiger partial charge on any atom is -0.483 e. The second kappa shape index (κ2) is 8.44. The van der Waals surface area contributed by atoms with Crippen LogP contribution in [0, 0.1) is 13.8 Å². The van der Waals surface area contributed by atoms with Gasteiger partial charge in [-0.15, -0.1) is 18.3 Å². The van der Waals surface area contributed by atoms with Crippen molar-refractivity contribution >= 4 is 23.4 Å². The monoisotopic (exact) mass is 327 g/mol. The van der Waals surface area contributed by atoms with Crippen LogP contribution in [0.3, 0.4) is 0 Å². The third-order valence-corrected chi connectivity index (χ3v) is 4.34. The third-order valence-electron chi connectivity index (χ3n) is 3.27. The molecule has 0 atom stereocenters. The lowest BCUT2D eigenvalue weighted by Gasteiger charge is -2.13. The lowest BCUT2D eigenvalue weighted by Crippen LogP contribution is -2.21. The molecule has 0 bridgehead atoms. The first-order valence-corrected chi connectivity index (χ1v) is 8.42. The zero-order chi connectivity index (χ0) is 16.7. The van der Waals surface area contributed by atoms with Gasteiger partial charge in [0.05, 0.1) is 5.69 Å². The topological polar surface area (TPSA) is 38.3 Å². The number of hydrogen-bond donors (Lipinski definition) is 1. The smallest absolute Gasteiger partial charge is 0.262 e. The van der Waals surface area contributed by atoms with E-state index in [1.165, 1.54) is 0 Å². The first-order valence-electron chi connectivity index (χ1n) is 7.43. The van der Waals surface area contributed by atoms with Crippen LogP contribution < -0.4 is 10.1 Å². The number of carbonyl (C=O) groups excluding carboxylic acids is 1. The Balaban J connectivity index is 1.99. The summed E-state index contributed by atoms with van der Waals surface area (Å²) in [6.45, 7) is 7.66. The number of thioether (sulfide) groups is 1. The van der Waals surface area contributed by atoms with Crippen LogP contribution in [0.4, 0.5) is 5.69 Å². The van der Waals surface area contributed by atoms with E-state index in [4.69, 9.17) is 4.74 Å². The summed E-state index contributed by atoms with van der Waals surface area (Å²) in [5.74, 6) is 1.41. The molecule has 1 N–H and O–H groups in total. The highest BCUT2D eigenvalue weighted by Gasteiger charge is 2.09. The summed E-state index contributed by atoms with van der Waals surface area (Å²) >= 11 is 1.63. The van der Waals surface area contributed by atoms with Gasteiger partial charge >= 0.3 is 0 Å². The van der Waals surface area contributed by atoms with Crippen molar-refractivity contribution in [3.8, 4) is 5.75 Å². The van der Waals surface area contributed by atoms with Gasteiger partial charge in [-0.3, -0.25) is 4.79 Å². The van der Waals surface area contributed by atoms with Crippen molar-refractivity contribution in [2.24, 2.45) is 0 Å². The highest BCUT2D eigenvalue weighted by atomic mass is 32.2. The molecule has 120 valence electrons. The van der Waals surface area contributed by atoms with Gasteiger partial charge in [0, 0.05) is 10.6 Å². The molecule has 0 radical (unpaired) electrons. The zero-order valence-electron chi connectivity index (χ0n) is 13.5. The first-order chi connectivity index (χ1) is 11.1. The Morgan fingerprint density at radius 1 is 1.17 bits per heavy atom. The maximum atomic E-state index is 12.2. The van der Waals surface area contributed by atoms with Gasteiger partial charge < -0.3 is 10.1 Å². The standard InChI is InChI=1S/C19H21NO2S/c1-4-12-23-17-11-6-5-10-16(17)20-18(21)13-22-19-14(2)8-7-9-15(19)3/h4-11H,1,12-13H2,2-3H3,(H,20,21). The molecule has 4 heteroatoms. The number of ether oxygens (including phenoxy) is 1. The minimum absolute atomic E-state index is 0.00779. The molecule has 0 aliphatic heterocycles. The summed E-state index contributed by atoms with van der Waals surface area (Å²) in [5, 5.41) is 2.91. The SMILES string of the molecule is C=CCSc1ccccc1NC(=O)COc1c(C)cccc1C. The second-order valence-electron chi connectivity index (χ2n) is 5.15. The maximum Gasteiger partial charge on any atom is 0.262 e. The van der Waals surface area contributed by atoms with Crippen LogP contribution in [0.2, 0.25) is 0 Å². The van der Waals surface area contributed by atoms with Crippen molar-refractivity contribution in [1.29, 1.82) is 0 Å². The van der Waals surface area contributed by atoms with E-state index >= 15 is 0 Å². The number of benzene rings is 2. The van der Waals surface area contributed by atoms with E-state index in [0.717, 1.165) is 33.2 Å². The molecule has 0 aliphatic rings. The summed E-state index contributed by atoms with van der Waals surface area (Å²) in [4.78, 5) is 13.2. The van der Waals surface area contributed by atoms with E-state index in [9.17, 15) is 4.79 Å². The Morgan fingerprint density at radius 2 is 1.87 bits per heavy atom. The number of hydrogen-bond acceptors (Lipinski definition) is 3. The molecule has 2 rings (SSSR count). The lowest BCUT2D eigenvalue weighted by atomic mass is 10.1. The summed E-state index contributed by atoms with van der Waals surface area (Å²) in [7, 11) is 0. The molecule has 2 aromatic rings. The predicted molar refractivity (Wildman–Crippen MR) is 97.4 cm³/mol. The quantitative estimate of drug-likeness (QED) is 0.596. The van der Waals surface area contributed by atoms with Gasteiger partial charge in [-0.25, -0.2) is 0 Å². The van der Waals surface area contributed by atoms with Crippen molar-refractivity contribution in [1.82, 2.24) is 0 Å². The molecule has 3 nitrogen and oxygen atoms in total. The molecule has 0 aliphatic carbocycles. The van der Waals surface area contributed by atoms with Gasteiger partial charge in [0.1, 0.15) is 5.75 Å². The minimum atomic E-state index is -0.167. The van der Waals surface area contributed by atoms with Gasteiger partial charge in [-0.1, -0.05) is 36.4 Å². The first kappa shape index (κ1) is 17.2. The van der Waals surface area contributed by atoms with E-state index in [0.29, 0.717) is 0 Å². The Bertz CT molecular complexity index is 677. The van der Waals surface area contributed by atoms with Crippen molar-refractivity contribution in [2.75, 3.05) is 17.7 Å². The zero-order valence-corrected chi connectivity index (χ0v) is 14.3. The van der Waals surface area contributed by atoms with Gasteiger partial charge in [0.15, 0.2) is 6.61 Å². The van der Waals surface area contributed by atoms with Crippen molar-refractivity contribution < 1.29 is 9.53 Å². The molecular weight excluding hydrogens is 306 g/mol. The molecule has 0 saturated heterocycles. The van der Waals surface area contributed by atoms with Crippen molar-refractivity contribution in [3.05, 3.63) is 66.2 Å². The fraction of sp³-hybridized carbons (Fsp3) is 0.211. The van der Waals surface area contributed by atoms with E-state index < -0.39 is 0 Å². The molecule has 0 unspecified atom stereocenters. The molecular formula is C19H21NO2S. The predicted octanol–water partition coefficient (Wildman–Crippen LogP) is 4.60. The number of aryl methyl sites for hydroxylation is 2. The molecule has 0 aromatic heterocycles. The van der Waals surface area contributed by atoms with Crippen LogP contribution in [0.5, 0.6) is 5.75 Å².